The van der Waals surface area contributed by atoms with Crippen LogP contribution in [-0.4, -0.2) is 37.2 Å². The van der Waals surface area contributed by atoms with Crippen LogP contribution in [0.25, 0.3) is 22.8 Å². The maximum Gasteiger partial charge on any atom is 0.188 e. The van der Waals surface area contributed by atoms with E-state index in [1.807, 2.05) is 0 Å². The van der Waals surface area contributed by atoms with E-state index in [-0.39, 0.29) is 12.0 Å². The maximum absolute atomic E-state index is 7.31. The van der Waals surface area contributed by atoms with E-state index in [1.165, 1.54) is 41.9 Å². The highest BCUT2D eigenvalue weighted by molar-refractivity contribution is 7.21. The van der Waals surface area contributed by atoms with Crippen molar-refractivity contribution in [3.63, 3.8) is 0 Å². The van der Waals surface area contributed by atoms with E-state index in [0.717, 1.165) is 44.7 Å². The highest BCUT2D eigenvalue weighted by Gasteiger charge is 2.54. The molecule has 0 spiro atoms. The van der Waals surface area contributed by atoms with Crippen molar-refractivity contribution >= 4 is 52.5 Å². The zero-order chi connectivity index (χ0) is 45.1. The molecule has 0 saturated carbocycles. The van der Waals surface area contributed by atoms with Gasteiger partial charge >= 0.3 is 0 Å². The van der Waals surface area contributed by atoms with Crippen molar-refractivity contribution in [2.75, 3.05) is 0 Å². The number of rotatable bonds is 7. The Morgan fingerprint density at radius 3 is 1.55 bits per heavy atom. The summed E-state index contributed by atoms with van der Waals surface area (Å²) in [5.41, 5.74) is 5.26. The first-order chi connectivity index (χ1) is 33.0. The van der Waals surface area contributed by atoms with Gasteiger partial charge in [0, 0.05) is 5.56 Å². The molecule has 0 fully saturated rings. The van der Waals surface area contributed by atoms with Gasteiger partial charge in [-0.2, -0.15) is 0 Å². The number of allylic oxidation sites excluding steroid dienone is 2. The molecular formula is C60H47N3O2Si2. The molecule has 2 atom stereocenters. The van der Waals surface area contributed by atoms with Gasteiger partial charge in [-0.15, -0.1) is 0 Å². The molecule has 3 heterocycles. The van der Waals surface area contributed by atoms with Gasteiger partial charge in [0.15, 0.2) is 27.8 Å². The molecule has 5 nitrogen and oxygen atoms in total. The summed E-state index contributed by atoms with van der Waals surface area (Å²) in [6.45, 7) is 6.46. The molecule has 8 aromatic carbocycles. The highest BCUT2D eigenvalue weighted by Crippen LogP contribution is 2.42. The number of hydrogen-bond donors (Lipinski definition) is 0. The largest absolute Gasteiger partial charge is 0.485 e. The van der Waals surface area contributed by atoms with Crippen LogP contribution in [0.15, 0.2) is 224 Å². The molecule has 9 aromatic rings. The Morgan fingerprint density at radius 2 is 0.955 bits per heavy atom. The van der Waals surface area contributed by atoms with Gasteiger partial charge in [0.25, 0.3) is 0 Å². The van der Waals surface area contributed by atoms with Crippen molar-refractivity contribution in [1.29, 1.82) is 0 Å². The third-order valence-electron chi connectivity index (χ3n) is 14.0. The quantitative estimate of drug-likeness (QED) is 0.150. The average Bonchev–Trinajstić information content (AvgIpc) is 3.37. The summed E-state index contributed by atoms with van der Waals surface area (Å²) in [5, 5.41) is 10.1. The fraction of sp³-hybridized carbons (Fsp3) is 0.0833. The van der Waals surface area contributed by atoms with E-state index in [0.29, 0.717) is 17.5 Å². The normalized spacial score (nSPS) is 17.1. The molecule has 1 aromatic heterocycles. The molecule has 0 saturated heterocycles. The predicted molar refractivity (Wildman–Crippen MR) is 277 cm³/mol. The van der Waals surface area contributed by atoms with Crippen LogP contribution in [0.3, 0.4) is 0 Å². The van der Waals surface area contributed by atoms with Crippen LogP contribution in [0.1, 0.15) is 28.4 Å². The maximum atomic E-state index is 7.31. The van der Waals surface area contributed by atoms with Crippen LogP contribution in [0.5, 0.6) is 17.2 Å². The van der Waals surface area contributed by atoms with Crippen LogP contribution < -0.4 is 45.8 Å². The van der Waals surface area contributed by atoms with Crippen LogP contribution in [0.2, 0.25) is 0 Å². The molecule has 1 aliphatic carbocycles. The minimum absolute atomic E-state index is 0.345. The lowest BCUT2D eigenvalue weighted by molar-refractivity contribution is 0.220. The lowest BCUT2D eigenvalue weighted by Gasteiger charge is -2.46. The van der Waals surface area contributed by atoms with Crippen molar-refractivity contribution in [3.05, 3.63) is 246 Å². The summed E-state index contributed by atoms with van der Waals surface area (Å²) in [6, 6.07) is 72.3. The Kier molecular flexibility index (Phi) is 9.92. The molecule has 2 unspecified atom stereocenters. The highest BCUT2D eigenvalue weighted by atomic mass is 28.3. The van der Waals surface area contributed by atoms with Gasteiger partial charge in [-0.25, -0.2) is 15.0 Å². The molecule has 2 aliphatic heterocycles. The van der Waals surface area contributed by atoms with Gasteiger partial charge in [-0.3, -0.25) is 0 Å². The number of hydrogen-bond acceptors (Lipinski definition) is 5. The van der Waals surface area contributed by atoms with Crippen molar-refractivity contribution in [2.45, 2.75) is 32.8 Å². The standard InChI is InChI=1S/C60H47N3O2Si2/c1-40-38-41(2)55(42(3)39-40)60-62-58(47-30-20-36-53-56(47)64-49-32-16-18-34-51(49)66(53,43-22-8-4-9-23-43)44-24-10-5-11-25-44)61-59(63-60)48-31-21-37-54-57(48)65-50-33-17-19-35-52(50)67(54,45-26-12-6-13-27-45)46-28-14-7-15-29-46/h4-39,47,56H,1-3H3. The minimum atomic E-state index is -2.96. The van der Waals surface area contributed by atoms with Gasteiger partial charge < -0.3 is 9.47 Å². The Hall–Kier alpha value is -7.72. The zero-order valence-corrected chi connectivity index (χ0v) is 39.6. The fourth-order valence-corrected chi connectivity index (χ4v) is 21.6. The summed E-state index contributed by atoms with van der Waals surface area (Å²) in [6.07, 6.45) is 6.36. The van der Waals surface area contributed by atoms with Crippen molar-refractivity contribution in [3.8, 4) is 40.0 Å². The summed E-state index contributed by atoms with van der Waals surface area (Å²) >= 11 is 0. The van der Waals surface area contributed by atoms with Crippen molar-refractivity contribution in [1.82, 2.24) is 15.0 Å². The van der Waals surface area contributed by atoms with Gasteiger partial charge in [0.05, 0.1) is 11.5 Å². The number of ether oxygens (including phenoxy) is 2. The summed E-state index contributed by atoms with van der Waals surface area (Å²) in [7, 11) is -5.86. The van der Waals surface area contributed by atoms with Crippen LogP contribution in [-0.2, 0) is 0 Å². The van der Waals surface area contributed by atoms with Gasteiger partial charge in [0.1, 0.15) is 29.2 Å². The Balaban J connectivity index is 1.11. The molecule has 7 heteroatoms. The second-order valence-electron chi connectivity index (χ2n) is 17.9. The number of fused-ring (bicyclic) bond motifs is 4. The van der Waals surface area contributed by atoms with E-state index in [2.05, 4.69) is 239 Å². The van der Waals surface area contributed by atoms with E-state index in [9.17, 15) is 0 Å². The molecule has 0 bridgehead atoms. The second kappa shape index (κ2) is 16.3. The molecule has 322 valence electrons. The fourth-order valence-electron chi connectivity index (χ4n) is 11.4. The topological polar surface area (TPSA) is 57.1 Å². The minimum Gasteiger partial charge on any atom is -0.485 e. The average molecular weight is 898 g/mol. The van der Waals surface area contributed by atoms with E-state index in [1.54, 1.807) is 0 Å². The number of para-hydroxylation sites is 3. The first-order valence-electron chi connectivity index (χ1n) is 23.1. The van der Waals surface area contributed by atoms with Gasteiger partial charge in [0.2, 0.25) is 0 Å². The van der Waals surface area contributed by atoms with Crippen LogP contribution in [0.4, 0.5) is 0 Å². The Bertz CT molecular complexity index is 3310. The van der Waals surface area contributed by atoms with Crippen molar-refractivity contribution < 1.29 is 9.47 Å². The molecule has 0 amide bonds. The Morgan fingerprint density at radius 1 is 0.463 bits per heavy atom. The van der Waals surface area contributed by atoms with Crippen molar-refractivity contribution in [2.24, 2.45) is 0 Å². The van der Waals surface area contributed by atoms with Crippen LogP contribution >= 0.6 is 0 Å². The predicted octanol–water partition coefficient (Wildman–Crippen LogP) is 8.66. The number of benzene rings is 8. The molecular weight excluding hydrogens is 851 g/mol. The molecule has 0 N–H and O–H groups in total. The molecule has 67 heavy (non-hydrogen) atoms. The lowest BCUT2D eigenvalue weighted by atomic mass is 9.95. The summed E-state index contributed by atoms with van der Waals surface area (Å²) in [4.78, 5) is 16.6. The Labute approximate surface area is 393 Å². The number of aromatic nitrogens is 3. The summed E-state index contributed by atoms with van der Waals surface area (Å²) < 4.78 is 14.5. The number of nitrogens with zero attached hydrogens (tertiary/aromatic N) is 3. The van der Waals surface area contributed by atoms with Gasteiger partial charge in [-0.1, -0.05) is 206 Å². The molecule has 3 aliphatic rings. The smallest absolute Gasteiger partial charge is 0.188 e. The summed E-state index contributed by atoms with van der Waals surface area (Å²) in [5.74, 6) is 4.04. The second-order valence-corrected chi connectivity index (χ2v) is 25.4. The zero-order valence-electron chi connectivity index (χ0n) is 37.6. The van der Waals surface area contributed by atoms with Gasteiger partial charge in [-0.05, 0) is 91.6 Å². The first kappa shape index (κ1) is 40.8. The third kappa shape index (κ3) is 6.37. The van der Waals surface area contributed by atoms with E-state index >= 15 is 0 Å². The lowest BCUT2D eigenvalue weighted by Crippen LogP contribution is -2.76. The molecule has 0 radical (unpaired) electrons. The third-order valence-corrected chi connectivity index (χ3v) is 23.8. The van der Waals surface area contributed by atoms with E-state index < -0.39 is 16.1 Å². The molecule has 12 rings (SSSR count). The van der Waals surface area contributed by atoms with E-state index in [4.69, 9.17) is 24.4 Å². The van der Waals surface area contributed by atoms with Crippen LogP contribution in [0, 0.1) is 20.8 Å². The SMILES string of the molecule is Cc1cc(C)c(-c2nc(-c3cccc4c3Oc3ccccc3[Si]4(c3ccccc3)c3ccccc3)nc(C3C=CC=C4C3Oc3ccccc3[Si]4(c3ccccc3)c3ccccc3)n2)c(C)c1. The first-order valence-corrected chi connectivity index (χ1v) is 27.1. The number of aryl methyl sites for hydroxylation is 3. The monoisotopic (exact) mass is 897 g/mol.